The maximum Gasteiger partial charge on any atom is 0.410 e. The quantitative estimate of drug-likeness (QED) is 0.879. The average molecular weight is 347 g/mol. The molecule has 7 nitrogen and oxygen atoms in total. The number of amides is 3. The predicted molar refractivity (Wildman–Crippen MR) is 94.4 cm³/mol. The number of carbonyl (C=O) groups excluding carboxylic acids is 3. The molecule has 1 aliphatic rings. The number of benzene rings is 1. The van der Waals surface area contributed by atoms with Crippen molar-refractivity contribution in [3.05, 3.63) is 29.8 Å². The van der Waals surface area contributed by atoms with Gasteiger partial charge < -0.3 is 15.4 Å². The van der Waals surface area contributed by atoms with Crippen molar-refractivity contribution in [1.29, 1.82) is 0 Å². The Morgan fingerprint density at radius 1 is 1.16 bits per heavy atom. The second-order valence-electron chi connectivity index (χ2n) is 6.98. The van der Waals surface area contributed by atoms with Crippen LogP contribution in [0.5, 0.6) is 0 Å². The van der Waals surface area contributed by atoms with E-state index in [0.717, 1.165) is 6.42 Å². The SMILES string of the molecule is CNC(=O)c1ccc(NC(=O)[C@H]2CCCN2C(=O)OC(C)(C)C)cc1. The topological polar surface area (TPSA) is 87.7 Å². The molecule has 3 amide bonds. The molecule has 0 spiro atoms. The molecule has 2 rings (SSSR count). The van der Waals surface area contributed by atoms with Crippen molar-refractivity contribution in [3.8, 4) is 0 Å². The molecule has 1 saturated heterocycles. The molecular formula is C18H25N3O4. The Balaban J connectivity index is 2.01. The van der Waals surface area contributed by atoms with Gasteiger partial charge in [0.2, 0.25) is 5.91 Å². The van der Waals surface area contributed by atoms with Crippen molar-refractivity contribution >= 4 is 23.6 Å². The first-order valence-electron chi connectivity index (χ1n) is 8.34. The van der Waals surface area contributed by atoms with Gasteiger partial charge in [-0.25, -0.2) is 4.79 Å². The van der Waals surface area contributed by atoms with Gasteiger partial charge in [-0.2, -0.15) is 0 Å². The number of nitrogens with zero attached hydrogens (tertiary/aromatic N) is 1. The zero-order chi connectivity index (χ0) is 18.6. The molecule has 7 heteroatoms. The molecule has 0 unspecified atom stereocenters. The first kappa shape index (κ1) is 18.8. The van der Waals surface area contributed by atoms with Crippen LogP contribution in [0.25, 0.3) is 0 Å². The Bertz CT molecular complexity index is 649. The van der Waals surface area contributed by atoms with Crippen LogP contribution in [0.2, 0.25) is 0 Å². The highest BCUT2D eigenvalue weighted by Gasteiger charge is 2.36. The van der Waals surface area contributed by atoms with Crippen molar-refractivity contribution in [2.75, 3.05) is 18.9 Å². The molecule has 0 aliphatic carbocycles. The maximum atomic E-state index is 12.5. The summed E-state index contributed by atoms with van der Waals surface area (Å²) in [6.45, 7) is 5.89. The summed E-state index contributed by atoms with van der Waals surface area (Å²) in [7, 11) is 1.56. The van der Waals surface area contributed by atoms with E-state index < -0.39 is 17.7 Å². The molecule has 25 heavy (non-hydrogen) atoms. The molecule has 1 aromatic rings. The minimum Gasteiger partial charge on any atom is -0.444 e. The van der Waals surface area contributed by atoms with Crippen LogP contribution >= 0.6 is 0 Å². The van der Waals surface area contributed by atoms with Crippen LogP contribution in [-0.4, -0.2) is 48.0 Å². The number of nitrogens with one attached hydrogen (secondary N) is 2. The molecule has 136 valence electrons. The number of rotatable bonds is 3. The van der Waals surface area contributed by atoms with Crippen molar-refractivity contribution in [2.45, 2.75) is 45.3 Å². The summed E-state index contributed by atoms with van der Waals surface area (Å²) in [5.41, 5.74) is 0.488. The number of hydrogen-bond donors (Lipinski definition) is 2. The average Bonchev–Trinajstić information content (AvgIpc) is 3.03. The molecule has 1 aliphatic heterocycles. The summed E-state index contributed by atoms with van der Waals surface area (Å²) < 4.78 is 5.37. The number of ether oxygens (including phenoxy) is 1. The predicted octanol–water partition coefficient (Wildman–Crippen LogP) is 2.38. The van der Waals surface area contributed by atoms with Crippen LogP contribution in [0.3, 0.4) is 0 Å². The van der Waals surface area contributed by atoms with Gasteiger partial charge in [0.15, 0.2) is 0 Å². The van der Waals surface area contributed by atoms with Crippen LogP contribution in [0.1, 0.15) is 44.0 Å². The third kappa shape index (κ3) is 4.95. The summed E-state index contributed by atoms with van der Waals surface area (Å²) in [5.74, 6) is -0.444. The second-order valence-corrected chi connectivity index (χ2v) is 6.98. The zero-order valence-corrected chi connectivity index (χ0v) is 15.1. The molecule has 0 saturated carbocycles. The molecule has 1 fully saturated rings. The van der Waals surface area contributed by atoms with Gasteiger partial charge in [-0.05, 0) is 57.9 Å². The second kappa shape index (κ2) is 7.55. The molecular weight excluding hydrogens is 322 g/mol. The minimum absolute atomic E-state index is 0.190. The molecule has 0 bridgehead atoms. The van der Waals surface area contributed by atoms with Crippen LogP contribution in [-0.2, 0) is 9.53 Å². The van der Waals surface area contributed by atoms with E-state index in [1.807, 2.05) is 0 Å². The first-order valence-corrected chi connectivity index (χ1v) is 8.34. The van der Waals surface area contributed by atoms with Crippen LogP contribution in [0.15, 0.2) is 24.3 Å². The molecule has 0 aromatic heterocycles. The standard InChI is InChI=1S/C18H25N3O4/c1-18(2,3)25-17(24)21-11-5-6-14(21)16(23)20-13-9-7-12(8-10-13)15(22)19-4/h7-10,14H,5-6,11H2,1-4H3,(H,19,22)(H,20,23)/t14-/m1/s1. The minimum atomic E-state index is -0.601. The van der Waals surface area contributed by atoms with Gasteiger partial charge in [0.1, 0.15) is 11.6 Å². The molecule has 1 atom stereocenters. The summed E-state index contributed by atoms with van der Waals surface area (Å²) in [6, 6.07) is 6.04. The third-order valence-electron chi connectivity index (χ3n) is 3.83. The fourth-order valence-electron chi connectivity index (χ4n) is 2.65. The van der Waals surface area contributed by atoms with E-state index in [1.165, 1.54) is 4.90 Å². The normalized spacial score (nSPS) is 17.1. The fraction of sp³-hybridized carbons (Fsp3) is 0.500. The number of carbonyl (C=O) groups is 3. The lowest BCUT2D eigenvalue weighted by Gasteiger charge is -2.28. The Morgan fingerprint density at radius 2 is 1.80 bits per heavy atom. The van der Waals surface area contributed by atoms with E-state index in [2.05, 4.69) is 10.6 Å². The van der Waals surface area contributed by atoms with Gasteiger partial charge in [0, 0.05) is 24.8 Å². The number of hydrogen-bond acceptors (Lipinski definition) is 4. The summed E-state index contributed by atoms with van der Waals surface area (Å²) in [6.07, 6.45) is 0.883. The first-order chi connectivity index (χ1) is 11.7. The van der Waals surface area contributed by atoms with Crippen molar-refractivity contribution < 1.29 is 19.1 Å². The lowest BCUT2D eigenvalue weighted by atomic mass is 10.1. The van der Waals surface area contributed by atoms with E-state index in [1.54, 1.807) is 52.1 Å². The monoisotopic (exact) mass is 347 g/mol. The summed E-state index contributed by atoms with van der Waals surface area (Å²) >= 11 is 0. The van der Waals surface area contributed by atoms with Gasteiger partial charge in [-0.1, -0.05) is 0 Å². The van der Waals surface area contributed by atoms with Crippen molar-refractivity contribution in [2.24, 2.45) is 0 Å². The molecule has 2 N–H and O–H groups in total. The molecule has 1 aromatic carbocycles. The highest BCUT2D eigenvalue weighted by Crippen LogP contribution is 2.22. The van der Waals surface area contributed by atoms with E-state index in [4.69, 9.17) is 4.74 Å². The zero-order valence-electron chi connectivity index (χ0n) is 15.1. The molecule has 0 radical (unpaired) electrons. The largest absolute Gasteiger partial charge is 0.444 e. The Hall–Kier alpha value is -2.57. The Labute approximate surface area is 147 Å². The van der Waals surface area contributed by atoms with E-state index in [9.17, 15) is 14.4 Å². The third-order valence-corrected chi connectivity index (χ3v) is 3.83. The highest BCUT2D eigenvalue weighted by molar-refractivity contribution is 5.98. The van der Waals surface area contributed by atoms with Gasteiger partial charge >= 0.3 is 6.09 Å². The Kier molecular flexibility index (Phi) is 5.66. The number of likely N-dealkylation sites (tertiary alicyclic amines) is 1. The smallest absolute Gasteiger partial charge is 0.410 e. The lowest BCUT2D eigenvalue weighted by Crippen LogP contribution is -2.45. The van der Waals surface area contributed by atoms with Gasteiger partial charge in [0.05, 0.1) is 0 Å². The highest BCUT2D eigenvalue weighted by atomic mass is 16.6. The van der Waals surface area contributed by atoms with E-state index >= 15 is 0 Å². The number of anilines is 1. The fourth-order valence-corrected chi connectivity index (χ4v) is 2.65. The van der Waals surface area contributed by atoms with Crippen LogP contribution in [0.4, 0.5) is 10.5 Å². The van der Waals surface area contributed by atoms with Crippen LogP contribution < -0.4 is 10.6 Å². The summed E-state index contributed by atoms with van der Waals surface area (Å²) in [5, 5.41) is 5.33. The van der Waals surface area contributed by atoms with Crippen LogP contribution in [0, 0.1) is 0 Å². The van der Waals surface area contributed by atoms with Gasteiger partial charge in [0.25, 0.3) is 5.91 Å². The molecule has 1 heterocycles. The van der Waals surface area contributed by atoms with Gasteiger partial charge in [-0.15, -0.1) is 0 Å². The van der Waals surface area contributed by atoms with Crippen molar-refractivity contribution in [1.82, 2.24) is 10.2 Å². The Morgan fingerprint density at radius 3 is 2.36 bits per heavy atom. The maximum absolute atomic E-state index is 12.5. The van der Waals surface area contributed by atoms with Crippen molar-refractivity contribution in [3.63, 3.8) is 0 Å². The lowest BCUT2D eigenvalue weighted by molar-refractivity contribution is -0.120. The van der Waals surface area contributed by atoms with Gasteiger partial charge in [-0.3, -0.25) is 14.5 Å². The van der Waals surface area contributed by atoms with E-state index in [-0.39, 0.29) is 11.8 Å². The summed E-state index contributed by atoms with van der Waals surface area (Å²) in [4.78, 5) is 37.8. The van der Waals surface area contributed by atoms with E-state index in [0.29, 0.717) is 24.2 Å².